The lowest BCUT2D eigenvalue weighted by atomic mass is 9.91. The summed E-state index contributed by atoms with van der Waals surface area (Å²) < 4.78 is 18.1. The summed E-state index contributed by atoms with van der Waals surface area (Å²) >= 11 is 0. The van der Waals surface area contributed by atoms with Crippen LogP contribution in [0.15, 0.2) is 110 Å². The Hall–Kier alpha value is -5.95. The van der Waals surface area contributed by atoms with Gasteiger partial charge in [-0.05, 0) is 78.6 Å². The predicted molar refractivity (Wildman–Crippen MR) is 190 cm³/mol. The van der Waals surface area contributed by atoms with Crippen molar-refractivity contribution in [1.82, 2.24) is 19.7 Å². The zero-order valence-corrected chi connectivity index (χ0v) is 26.6. The van der Waals surface area contributed by atoms with Gasteiger partial charge < -0.3 is 10.7 Å². The van der Waals surface area contributed by atoms with E-state index in [1.807, 2.05) is 92.7 Å². The molecule has 0 spiro atoms. The number of aryl methyl sites for hydroxylation is 3. The number of nitrogens with one attached hydrogen (secondary N) is 2. The van der Waals surface area contributed by atoms with E-state index in [0.717, 1.165) is 77.9 Å². The van der Waals surface area contributed by atoms with Gasteiger partial charge in [-0.15, -0.1) is 0 Å². The van der Waals surface area contributed by atoms with Crippen LogP contribution in [0.25, 0.3) is 66.8 Å². The maximum absolute atomic E-state index is 16.3. The number of benzene rings is 4. The molecule has 0 aliphatic rings. The van der Waals surface area contributed by atoms with Crippen molar-refractivity contribution in [2.24, 2.45) is 7.05 Å². The van der Waals surface area contributed by atoms with Crippen molar-refractivity contribution < 1.29 is 4.39 Å². The van der Waals surface area contributed by atoms with Gasteiger partial charge in [-0.2, -0.15) is 5.10 Å². The Kier molecular flexibility index (Phi) is 7.66. The quantitative estimate of drug-likeness (QED) is 0.175. The van der Waals surface area contributed by atoms with E-state index in [-0.39, 0.29) is 5.82 Å². The lowest BCUT2D eigenvalue weighted by Crippen LogP contribution is -1.98. The molecule has 0 unspecified atom stereocenters. The van der Waals surface area contributed by atoms with Crippen molar-refractivity contribution in [3.05, 3.63) is 132 Å². The molecule has 3 aromatic heterocycles. The van der Waals surface area contributed by atoms with Crippen molar-refractivity contribution in [3.63, 3.8) is 0 Å². The number of hydrogen-bond donors (Lipinski definition) is 2. The normalized spacial score (nSPS) is 11.2. The lowest BCUT2D eigenvalue weighted by molar-refractivity contribution is 0.631. The molecule has 47 heavy (non-hydrogen) atoms. The third kappa shape index (κ3) is 5.46. The number of anilines is 1. The first-order valence-corrected chi connectivity index (χ1v) is 15.4. The Morgan fingerprint density at radius 2 is 1.55 bits per heavy atom. The van der Waals surface area contributed by atoms with Gasteiger partial charge in [0.2, 0.25) is 0 Å². The van der Waals surface area contributed by atoms with Crippen LogP contribution in [0.3, 0.4) is 0 Å². The Morgan fingerprint density at radius 1 is 0.723 bits per heavy atom. The van der Waals surface area contributed by atoms with Crippen LogP contribution in [0.1, 0.15) is 16.7 Å². The summed E-state index contributed by atoms with van der Waals surface area (Å²) in [4.78, 5) is 9.63. The van der Waals surface area contributed by atoms with E-state index in [1.54, 1.807) is 12.3 Å². The highest BCUT2D eigenvalue weighted by Crippen LogP contribution is 2.39. The van der Waals surface area contributed by atoms with Crippen LogP contribution in [0.5, 0.6) is 0 Å². The van der Waals surface area contributed by atoms with Crippen LogP contribution in [-0.4, -0.2) is 33.0 Å². The maximum Gasteiger partial charge on any atom is 0.133 e. The average Bonchev–Trinajstić information content (AvgIpc) is 3.48. The van der Waals surface area contributed by atoms with Gasteiger partial charge in [-0.3, -0.25) is 14.6 Å². The largest absolute Gasteiger partial charge is 0.388 e. The molecule has 7 heteroatoms. The zero-order valence-electron chi connectivity index (χ0n) is 26.6. The summed E-state index contributed by atoms with van der Waals surface area (Å²) in [5.74, 6) is -0.357. The first-order chi connectivity index (χ1) is 22.8. The molecule has 0 aliphatic carbocycles. The average molecular weight is 617 g/mol. The first-order valence-electron chi connectivity index (χ1n) is 15.4. The second-order valence-corrected chi connectivity index (χ2v) is 11.8. The van der Waals surface area contributed by atoms with Gasteiger partial charge >= 0.3 is 0 Å². The van der Waals surface area contributed by atoms with Crippen molar-refractivity contribution >= 4 is 22.8 Å². The van der Waals surface area contributed by atoms with Gasteiger partial charge in [0, 0.05) is 77.2 Å². The van der Waals surface area contributed by atoms with E-state index in [0.29, 0.717) is 11.3 Å². The van der Waals surface area contributed by atoms with E-state index in [1.165, 1.54) is 6.21 Å². The summed E-state index contributed by atoms with van der Waals surface area (Å²) in [5, 5.41) is 16.4. The molecule has 2 N–H and O–H groups in total. The fourth-order valence-electron chi connectivity index (χ4n) is 6.26. The number of fused-ring (bicyclic) bond motifs is 1. The summed E-state index contributed by atoms with van der Waals surface area (Å²) in [6, 6.07) is 29.8. The molecule has 0 amide bonds. The molecular weight excluding hydrogens is 583 g/mol. The third-order valence-electron chi connectivity index (χ3n) is 8.72. The molecule has 0 saturated carbocycles. The molecule has 0 fully saturated rings. The lowest BCUT2D eigenvalue weighted by Gasteiger charge is -2.16. The maximum atomic E-state index is 16.3. The Labute approximate surface area is 273 Å². The molecule has 3 heterocycles. The van der Waals surface area contributed by atoms with E-state index in [2.05, 4.69) is 52.7 Å². The second-order valence-electron chi connectivity index (χ2n) is 11.8. The van der Waals surface area contributed by atoms with Gasteiger partial charge in [-0.1, -0.05) is 54.1 Å². The highest BCUT2D eigenvalue weighted by atomic mass is 19.1. The van der Waals surface area contributed by atoms with Crippen LogP contribution in [-0.2, 0) is 7.05 Å². The zero-order chi connectivity index (χ0) is 32.7. The Bertz CT molecular complexity index is 2320. The molecule has 0 aliphatic heterocycles. The van der Waals surface area contributed by atoms with E-state index < -0.39 is 0 Å². The number of halogens is 1. The molecule has 6 nitrogen and oxygen atoms in total. The van der Waals surface area contributed by atoms with Crippen molar-refractivity contribution in [2.75, 3.05) is 12.4 Å². The number of hydrogen-bond acceptors (Lipinski definition) is 5. The smallest absolute Gasteiger partial charge is 0.133 e. The van der Waals surface area contributed by atoms with Gasteiger partial charge in [0.1, 0.15) is 5.82 Å². The molecule has 0 radical (unpaired) electrons. The van der Waals surface area contributed by atoms with Crippen LogP contribution >= 0.6 is 0 Å². The Morgan fingerprint density at radius 3 is 2.36 bits per heavy atom. The number of aromatic nitrogens is 4. The fraction of sp³-hybridized carbons (Fsp3) is 0.100. The van der Waals surface area contributed by atoms with Gasteiger partial charge in [0.25, 0.3) is 0 Å². The minimum Gasteiger partial charge on any atom is -0.388 e. The first kappa shape index (κ1) is 29.7. The van der Waals surface area contributed by atoms with Crippen molar-refractivity contribution in [2.45, 2.75) is 13.8 Å². The SMILES string of the molecule is CNc1cc(-c2cc(-c3cc(F)c(-c4ncccc4-c4ccc5cnn(C)c5c4)cc3C)cnc2-c2cccc(C)c2)ccc1C=N. The predicted octanol–water partition coefficient (Wildman–Crippen LogP) is 9.49. The molecule has 0 bridgehead atoms. The van der Waals surface area contributed by atoms with Crippen LogP contribution in [0.2, 0.25) is 0 Å². The molecule has 230 valence electrons. The molecule has 7 aromatic rings. The summed E-state index contributed by atoms with van der Waals surface area (Å²) in [5.41, 5.74) is 12.8. The highest BCUT2D eigenvalue weighted by molar-refractivity contribution is 5.92. The fourth-order valence-corrected chi connectivity index (χ4v) is 6.26. The number of pyridine rings is 2. The molecule has 4 aromatic carbocycles. The van der Waals surface area contributed by atoms with E-state index in [4.69, 9.17) is 10.4 Å². The number of rotatable bonds is 7. The van der Waals surface area contributed by atoms with Gasteiger partial charge in [0.15, 0.2) is 0 Å². The molecular formula is C40H33FN6. The standard InChI is InChI=1S/C40H33FN6/c1-24-7-5-8-28(15-24)39-34(26-10-12-29(21-42)37(18-26)43-3)17-31(22-45-39)33-20-36(41)35(16-25(33)2)40-32(9-6-14-44-40)27-11-13-30-23-46-47(4)38(30)19-27/h5-23,42-43H,1-4H3. The third-order valence-corrected chi connectivity index (χ3v) is 8.72. The Balaban J connectivity index is 1.35. The minimum absolute atomic E-state index is 0.357. The molecule has 7 rings (SSSR count). The summed E-state index contributed by atoms with van der Waals surface area (Å²) in [6.07, 6.45) is 6.70. The minimum atomic E-state index is -0.357. The van der Waals surface area contributed by atoms with Gasteiger partial charge in [0.05, 0.1) is 23.1 Å². The molecule has 0 saturated heterocycles. The van der Waals surface area contributed by atoms with E-state index in [9.17, 15) is 0 Å². The molecule has 0 atom stereocenters. The summed E-state index contributed by atoms with van der Waals surface area (Å²) in [6.45, 7) is 4.06. The highest BCUT2D eigenvalue weighted by Gasteiger charge is 2.19. The van der Waals surface area contributed by atoms with Crippen molar-refractivity contribution in [3.8, 4) is 55.9 Å². The topological polar surface area (TPSA) is 79.5 Å². The second kappa shape index (κ2) is 12.1. The summed E-state index contributed by atoms with van der Waals surface area (Å²) in [7, 11) is 3.76. The van der Waals surface area contributed by atoms with Crippen LogP contribution in [0, 0.1) is 25.1 Å². The monoisotopic (exact) mass is 616 g/mol. The van der Waals surface area contributed by atoms with Crippen LogP contribution in [0.4, 0.5) is 10.1 Å². The van der Waals surface area contributed by atoms with Crippen LogP contribution < -0.4 is 5.32 Å². The van der Waals surface area contributed by atoms with Gasteiger partial charge in [-0.25, -0.2) is 4.39 Å². The number of nitrogens with zero attached hydrogens (tertiary/aromatic N) is 4. The van der Waals surface area contributed by atoms with E-state index >= 15 is 4.39 Å². The van der Waals surface area contributed by atoms with Crippen molar-refractivity contribution in [1.29, 1.82) is 5.41 Å².